The van der Waals surface area contributed by atoms with E-state index in [1.807, 2.05) is 0 Å². The molecule has 1 aromatic heterocycles. The van der Waals surface area contributed by atoms with Crippen molar-refractivity contribution in [2.75, 3.05) is 7.11 Å². The van der Waals surface area contributed by atoms with Crippen molar-refractivity contribution in [1.29, 1.82) is 0 Å². The van der Waals surface area contributed by atoms with Gasteiger partial charge < -0.3 is 9.47 Å². The number of ether oxygens (including phenoxy) is 2. The minimum atomic E-state index is -0.516. The first-order chi connectivity index (χ1) is 9.63. The second kappa shape index (κ2) is 6.16. The standard InChI is InChI=1S/C12H10ClN3O4/c1-19-11-4-9(16(17)18)2-3-10(11)20-12-14-6-8(5-13)7-15-12/h2-4,6-7H,5H2,1H3. The van der Waals surface area contributed by atoms with Gasteiger partial charge in [0.05, 0.1) is 24.0 Å². The zero-order valence-corrected chi connectivity index (χ0v) is 11.2. The highest BCUT2D eigenvalue weighted by Gasteiger charge is 2.13. The highest BCUT2D eigenvalue weighted by Crippen LogP contribution is 2.33. The van der Waals surface area contributed by atoms with Crippen LogP contribution in [0.1, 0.15) is 5.56 Å². The van der Waals surface area contributed by atoms with Crippen molar-refractivity contribution < 1.29 is 14.4 Å². The highest BCUT2D eigenvalue weighted by atomic mass is 35.5. The molecule has 0 saturated carbocycles. The quantitative estimate of drug-likeness (QED) is 0.479. The monoisotopic (exact) mass is 295 g/mol. The van der Waals surface area contributed by atoms with Crippen molar-refractivity contribution in [2.24, 2.45) is 0 Å². The number of nitro benzene ring substituents is 1. The maximum Gasteiger partial charge on any atom is 0.322 e. The topological polar surface area (TPSA) is 87.4 Å². The molecule has 0 aliphatic rings. The van der Waals surface area contributed by atoms with Crippen LogP contribution in [-0.4, -0.2) is 22.0 Å². The van der Waals surface area contributed by atoms with Gasteiger partial charge in [0.1, 0.15) is 0 Å². The first-order valence-electron chi connectivity index (χ1n) is 5.51. The molecule has 2 rings (SSSR count). The molecule has 0 unspecified atom stereocenters. The molecule has 2 aromatic rings. The number of hydrogen-bond donors (Lipinski definition) is 0. The average molecular weight is 296 g/mol. The molecule has 20 heavy (non-hydrogen) atoms. The third kappa shape index (κ3) is 3.12. The molecule has 0 spiro atoms. The maximum absolute atomic E-state index is 10.7. The van der Waals surface area contributed by atoms with Crippen LogP contribution in [0, 0.1) is 10.1 Å². The third-order valence-electron chi connectivity index (χ3n) is 2.40. The fraction of sp³-hybridized carbons (Fsp3) is 0.167. The molecule has 0 fully saturated rings. The zero-order valence-electron chi connectivity index (χ0n) is 10.4. The summed E-state index contributed by atoms with van der Waals surface area (Å²) in [6, 6.07) is 4.11. The number of methoxy groups -OCH3 is 1. The Morgan fingerprint density at radius 2 is 2.00 bits per heavy atom. The van der Waals surface area contributed by atoms with Gasteiger partial charge in [0.2, 0.25) is 0 Å². The van der Waals surface area contributed by atoms with Gasteiger partial charge in [-0.25, -0.2) is 9.97 Å². The summed E-state index contributed by atoms with van der Waals surface area (Å²) in [4.78, 5) is 18.1. The first kappa shape index (κ1) is 14.0. The summed E-state index contributed by atoms with van der Waals surface area (Å²) in [7, 11) is 1.39. The number of hydrogen-bond acceptors (Lipinski definition) is 6. The Morgan fingerprint density at radius 1 is 1.30 bits per heavy atom. The van der Waals surface area contributed by atoms with Gasteiger partial charge in [-0.15, -0.1) is 11.6 Å². The molecule has 1 aromatic carbocycles. The van der Waals surface area contributed by atoms with Gasteiger partial charge in [-0.3, -0.25) is 10.1 Å². The Kier molecular flexibility index (Phi) is 4.31. The van der Waals surface area contributed by atoms with Crippen molar-refractivity contribution in [1.82, 2.24) is 9.97 Å². The lowest BCUT2D eigenvalue weighted by atomic mass is 10.3. The normalized spacial score (nSPS) is 10.1. The molecule has 0 aliphatic carbocycles. The van der Waals surface area contributed by atoms with Gasteiger partial charge in [0.15, 0.2) is 11.5 Å². The second-order valence-electron chi connectivity index (χ2n) is 3.70. The molecule has 0 atom stereocenters. The van der Waals surface area contributed by atoms with Crippen LogP contribution in [0.2, 0.25) is 0 Å². The van der Waals surface area contributed by atoms with E-state index < -0.39 is 4.92 Å². The van der Waals surface area contributed by atoms with E-state index in [2.05, 4.69) is 9.97 Å². The van der Waals surface area contributed by atoms with Crippen molar-refractivity contribution in [3.05, 3.63) is 46.3 Å². The Hall–Kier alpha value is -2.41. The Balaban J connectivity index is 2.25. The summed E-state index contributed by atoms with van der Waals surface area (Å²) in [5, 5.41) is 10.7. The molecule has 0 bridgehead atoms. The number of rotatable bonds is 5. The van der Waals surface area contributed by atoms with Crippen LogP contribution in [0.4, 0.5) is 5.69 Å². The summed E-state index contributed by atoms with van der Waals surface area (Å²) in [6.07, 6.45) is 3.07. The molecule has 0 amide bonds. The van der Waals surface area contributed by atoms with E-state index in [4.69, 9.17) is 21.1 Å². The molecule has 0 radical (unpaired) electrons. The van der Waals surface area contributed by atoms with Crippen LogP contribution in [0.15, 0.2) is 30.6 Å². The van der Waals surface area contributed by atoms with Gasteiger partial charge >= 0.3 is 6.01 Å². The van der Waals surface area contributed by atoms with Gasteiger partial charge in [0, 0.05) is 24.0 Å². The fourth-order valence-corrected chi connectivity index (χ4v) is 1.56. The average Bonchev–Trinajstić information content (AvgIpc) is 2.48. The lowest BCUT2D eigenvalue weighted by Crippen LogP contribution is -1.96. The second-order valence-corrected chi connectivity index (χ2v) is 3.97. The Morgan fingerprint density at radius 3 is 2.55 bits per heavy atom. The zero-order chi connectivity index (χ0) is 14.5. The summed E-state index contributed by atoms with van der Waals surface area (Å²) in [5.41, 5.74) is 0.669. The predicted octanol–water partition coefficient (Wildman–Crippen LogP) is 2.92. The van der Waals surface area contributed by atoms with Crippen LogP contribution in [0.5, 0.6) is 17.5 Å². The van der Waals surface area contributed by atoms with Gasteiger partial charge in [-0.05, 0) is 6.07 Å². The summed E-state index contributed by atoms with van der Waals surface area (Å²) >= 11 is 5.63. The van der Waals surface area contributed by atoms with E-state index in [-0.39, 0.29) is 23.2 Å². The number of alkyl halides is 1. The van der Waals surface area contributed by atoms with E-state index in [9.17, 15) is 10.1 Å². The first-order valence-corrected chi connectivity index (χ1v) is 6.04. The smallest absolute Gasteiger partial charge is 0.322 e. The van der Waals surface area contributed by atoms with Crippen LogP contribution < -0.4 is 9.47 Å². The van der Waals surface area contributed by atoms with Gasteiger partial charge in [-0.2, -0.15) is 0 Å². The minimum Gasteiger partial charge on any atom is -0.493 e. The Bertz CT molecular complexity index is 619. The molecule has 1 heterocycles. The molecule has 0 N–H and O–H groups in total. The summed E-state index contributed by atoms with van der Waals surface area (Å²) in [5.74, 6) is 0.821. The number of nitro groups is 1. The van der Waals surface area contributed by atoms with Crippen LogP contribution in [0.25, 0.3) is 0 Å². The minimum absolute atomic E-state index is 0.0902. The molecule has 0 aliphatic heterocycles. The Labute approximate surface area is 119 Å². The van der Waals surface area contributed by atoms with Crippen molar-refractivity contribution >= 4 is 17.3 Å². The molecular formula is C12H10ClN3O4. The van der Waals surface area contributed by atoms with E-state index in [0.717, 1.165) is 5.56 Å². The van der Waals surface area contributed by atoms with Crippen LogP contribution in [0.3, 0.4) is 0 Å². The van der Waals surface area contributed by atoms with Crippen LogP contribution in [-0.2, 0) is 5.88 Å². The lowest BCUT2D eigenvalue weighted by molar-refractivity contribution is -0.384. The lowest BCUT2D eigenvalue weighted by Gasteiger charge is -2.08. The van der Waals surface area contributed by atoms with Crippen molar-refractivity contribution in [3.8, 4) is 17.5 Å². The van der Waals surface area contributed by atoms with E-state index in [0.29, 0.717) is 5.88 Å². The van der Waals surface area contributed by atoms with Gasteiger partial charge in [-0.1, -0.05) is 0 Å². The molecule has 7 nitrogen and oxygen atoms in total. The number of non-ortho nitro benzene ring substituents is 1. The number of halogens is 1. The predicted molar refractivity (Wildman–Crippen MR) is 71.3 cm³/mol. The SMILES string of the molecule is COc1cc([N+](=O)[O-])ccc1Oc1ncc(CCl)cn1. The van der Waals surface area contributed by atoms with E-state index >= 15 is 0 Å². The van der Waals surface area contributed by atoms with E-state index in [1.165, 1.54) is 37.7 Å². The number of aromatic nitrogens is 2. The molecule has 104 valence electrons. The largest absolute Gasteiger partial charge is 0.493 e. The molecule has 0 saturated heterocycles. The molecule has 8 heteroatoms. The van der Waals surface area contributed by atoms with Gasteiger partial charge in [0.25, 0.3) is 5.69 Å². The maximum atomic E-state index is 10.7. The number of benzene rings is 1. The number of nitrogens with zero attached hydrogens (tertiary/aromatic N) is 3. The summed E-state index contributed by atoms with van der Waals surface area (Å²) < 4.78 is 10.5. The summed E-state index contributed by atoms with van der Waals surface area (Å²) in [6.45, 7) is 0. The molecular weight excluding hydrogens is 286 g/mol. The van der Waals surface area contributed by atoms with Crippen LogP contribution >= 0.6 is 11.6 Å². The van der Waals surface area contributed by atoms with Crippen molar-refractivity contribution in [3.63, 3.8) is 0 Å². The third-order valence-corrected chi connectivity index (χ3v) is 2.70. The fourth-order valence-electron chi connectivity index (χ4n) is 1.42. The highest BCUT2D eigenvalue weighted by molar-refractivity contribution is 6.17. The van der Waals surface area contributed by atoms with E-state index in [1.54, 1.807) is 0 Å². The van der Waals surface area contributed by atoms with Crippen molar-refractivity contribution in [2.45, 2.75) is 5.88 Å².